The van der Waals surface area contributed by atoms with Crippen molar-refractivity contribution in [2.45, 2.75) is 49.1 Å². The van der Waals surface area contributed by atoms with Gasteiger partial charge in [0.15, 0.2) is 22.5 Å². The first kappa shape index (κ1) is 22.2. The van der Waals surface area contributed by atoms with Crippen LogP contribution in [0.15, 0.2) is 53.7 Å². The van der Waals surface area contributed by atoms with Gasteiger partial charge in [0, 0.05) is 17.7 Å². The molecule has 8 heteroatoms. The fraction of sp³-hybridized carbons (Fsp3) is 0.375. The predicted octanol–water partition coefficient (Wildman–Crippen LogP) is 4.49. The highest BCUT2D eigenvalue weighted by atomic mass is 32.2. The lowest BCUT2D eigenvalue weighted by molar-refractivity contribution is -0.120. The molecule has 0 spiro atoms. The fourth-order valence-corrected chi connectivity index (χ4v) is 4.79. The van der Waals surface area contributed by atoms with Crippen LogP contribution in [0.4, 0.5) is 0 Å². The zero-order valence-electron chi connectivity index (χ0n) is 18.6. The Morgan fingerprint density at radius 3 is 2.47 bits per heavy atom. The maximum Gasteiger partial charge on any atom is 0.233 e. The van der Waals surface area contributed by atoms with E-state index < -0.39 is 0 Å². The lowest BCUT2D eigenvalue weighted by Gasteiger charge is -2.17. The molecular weight excluding hydrogens is 424 g/mol. The Hall–Kier alpha value is -3.00. The molecule has 1 saturated carbocycles. The van der Waals surface area contributed by atoms with Gasteiger partial charge in [0.2, 0.25) is 5.91 Å². The van der Waals surface area contributed by atoms with E-state index in [2.05, 4.69) is 15.5 Å². The second-order valence-electron chi connectivity index (χ2n) is 7.80. The van der Waals surface area contributed by atoms with Gasteiger partial charge < -0.3 is 14.8 Å². The van der Waals surface area contributed by atoms with Crippen molar-refractivity contribution in [3.8, 4) is 28.6 Å². The van der Waals surface area contributed by atoms with E-state index in [4.69, 9.17) is 9.47 Å². The molecule has 1 N–H and O–H groups in total. The Bertz CT molecular complexity index is 1060. The van der Waals surface area contributed by atoms with Gasteiger partial charge in [-0.3, -0.25) is 9.36 Å². The summed E-state index contributed by atoms with van der Waals surface area (Å²) in [4.78, 5) is 12.8. The van der Waals surface area contributed by atoms with Crippen molar-refractivity contribution in [3.63, 3.8) is 0 Å². The van der Waals surface area contributed by atoms with Crippen LogP contribution >= 0.6 is 11.8 Å². The predicted molar refractivity (Wildman–Crippen MR) is 126 cm³/mol. The minimum absolute atomic E-state index is 0.0324. The number of rotatable bonds is 8. The van der Waals surface area contributed by atoms with Crippen LogP contribution in [0.5, 0.6) is 11.5 Å². The van der Waals surface area contributed by atoms with Gasteiger partial charge in [0.05, 0.1) is 25.2 Å². The van der Waals surface area contributed by atoms with Gasteiger partial charge in [-0.15, -0.1) is 10.2 Å². The topological polar surface area (TPSA) is 78.3 Å². The van der Waals surface area contributed by atoms with E-state index in [0.29, 0.717) is 22.5 Å². The number of hydrogen-bond donors (Lipinski definition) is 1. The average Bonchev–Trinajstić information content (AvgIpc) is 3.49. The second kappa shape index (κ2) is 10.1. The van der Waals surface area contributed by atoms with Crippen molar-refractivity contribution >= 4 is 17.7 Å². The van der Waals surface area contributed by atoms with Crippen molar-refractivity contribution < 1.29 is 14.3 Å². The van der Waals surface area contributed by atoms with Gasteiger partial charge in [-0.25, -0.2) is 0 Å². The number of carbonyl (C=O) groups excluding carboxylic acids is 1. The van der Waals surface area contributed by atoms with Crippen LogP contribution in [0.2, 0.25) is 0 Å². The second-order valence-corrected chi connectivity index (χ2v) is 9.10. The molecule has 1 amide bonds. The van der Waals surface area contributed by atoms with E-state index in [9.17, 15) is 4.79 Å². The number of methoxy groups -OCH3 is 2. The van der Waals surface area contributed by atoms with E-state index in [1.54, 1.807) is 14.2 Å². The number of thioether (sulfide) groups is 1. The first-order chi connectivity index (χ1) is 15.6. The Kier molecular flexibility index (Phi) is 6.99. The van der Waals surface area contributed by atoms with Crippen LogP contribution in [0.1, 0.15) is 32.6 Å². The van der Waals surface area contributed by atoms with Crippen molar-refractivity contribution in [2.75, 3.05) is 14.2 Å². The van der Waals surface area contributed by atoms with Crippen molar-refractivity contribution in [2.24, 2.45) is 0 Å². The van der Waals surface area contributed by atoms with Gasteiger partial charge in [-0.2, -0.15) is 0 Å². The summed E-state index contributed by atoms with van der Waals surface area (Å²) in [5.74, 6) is 1.98. The minimum atomic E-state index is -0.303. The molecule has 0 saturated heterocycles. The number of hydrogen-bond acceptors (Lipinski definition) is 6. The molecular formula is C24H28N4O3S. The quantitative estimate of drug-likeness (QED) is 0.508. The highest BCUT2D eigenvalue weighted by molar-refractivity contribution is 8.00. The molecule has 7 nitrogen and oxygen atoms in total. The fourth-order valence-electron chi connectivity index (χ4n) is 3.92. The van der Waals surface area contributed by atoms with Crippen LogP contribution in [0.25, 0.3) is 17.1 Å². The molecule has 0 aliphatic heterocycles. The summed E-state index contributed by atoms with van der Waals surface area (Å²) in [5, 5.41) is 12.4. The Morgan fingerprint density at radius 1 is 1.06 bits per heavy atom. The van der Waals surface area contributed by atoms with Gasteiger partial charge in [0.25, 0.3) is 0 Å². The molecule has 1 heterocycles. The number of nitrogens with zero attached hydrogens (tertiary/aromatic N) is 3. The zero-order chi connectivity index (χ0) is 22.5. The molecule has 1 aromatic heterocycles. The third-order valence-corrected chi connectivity index (χ3v) is 6.69. The Morgan fingerprint density at radius 2 is 1.78 bits per heavy atom. The monoisotopic (exact) mass is 452 g/mol. The summed E-state index contributed by atoms with van der Waals surface area (Å²) in [5.41, 5.74) is 1.77. The van der Waals surface area contributed by atoms with Gasteiger partial charge in [-0.05, 0) is 31.9 Å². The first-order valence-electron chi connectivity index (χ1n) is 10.8. The van der Waals surface area contributed by atoms with E-state index in [-0.39, 0.29) is 17.2 Å². The summed E-state index contributed by atoms with van der Waals surface area (Å²) in [6.45, 7) is 1.91. The van der Waals surface area contributed by atoms with Crippen LogP contribution in [-0.4, -0.2) is 46.2 Å². The summed E-state index contributed by atoms with van der Waals surface area (Å²) in [7, 11) is 3.22. The molecule has 1 aliphatic rings. The molecule has 4 rings (SSSR count). The standard InChI is InChI=1S/C24H28N4O3S/c1-16(23(29)25-18-11-7-8-12-18)32-24-27-26-22(17-9-5-4-6-10-17)28(24)19-13-14-20(30-2)21(15-19)31-3/h4-6,9-10,13-16,18H,7-8,11-12H2,1-3H3,(H,25,29)/t16-/m0/s1. The number of nitrogens with one attached hydrogen (secondary N) is 1. The van der Waals surface area contributed by atoms with E-state index in [1.165, 1.54) is 24.6 Å². The molecule has 1 aliphatic carbocycles. The number of aromatic nitrogens is 3. The molecule has 2 aromatic carbocycles. The molecule has 0 bridgehead atoms. The number of amides is 1. The third-order valence-electron chi connectivity index (χ3n) is 5.64. The maximum absolute atomic E-state index is 12.8. The summed E-state index contributed by atoms with van der Waals surface area (Å²) in [6, 6.07) is 15.8. The van der Waals surface area contributed by atoms with Crippen LogP contribution < -0.4 is 14.8 Å². The van der Waals surface area contributed by atoms with Gasteiger partial charge in [0.1, 0.15) is 0 Å². The molecule has 32 heavy (non-hydrogen) atoms. The van der Waals surface area contributed by atoms with Gasteiger partial charge in [-0.1, -0.05) is 54.9 Å². The summed E-state index contributed by atoms with van der Waals surface area (Å²) < 4.78 is 12.9. The largest absolute Gasteiger partial charge is 0.493 e. The first-order valence-corrected chi connectivity index (χ1v) is 11.7. The minimum Gasteiger partial charge on any atom is -0.493 e. The molecule has 1 atom stereocenters. The smallest absolute Gasteiger partial charge is 0.233 e. The maximum atomic E-state index is 12.8. The highest BCUT2D eigenvalue weighted by Crippen LogP contribution is 2.34. The average molecular weight is 453 g/mol. The zero-order valence-corrected chi connectivity index (χ0v) is 19.4. The van der Waals surface area contributed by atoms with E-state index in [0.717, 1.165) is 24.1 Å². The van der Waals surface area contributed by atoms with Crippen LogP contribution in [0, 0.1) is 0 Å². The van der Waals surface area contributed by atoms with E-state index in [1.807, 2.05) is 60.0 Å². The molecule has 3 aromatic rings. The van der Waals surface area contributed by atoms with E-state index >= 15 is 0 Å². The lowest BCUT2D eigenvalue weighted by Crippen LogP contribution is -2.37. The summed E-state index contributed by atoms with van der Waals surface area (Å²) in [6.07, 6.45) is 4.48. The normalized spacial score (nSPS) is 14.8. The molecule has 168 valence electrons. The van der Waals surface area contributed by atoms with Crippen molar-refractivity contribution in [1.82, 2.24) is 20.1 Å². The van der Waals surface area contributed by atoms with Crippen LogP contribution in [0.3, 0.4) is 0 Å². The molecule has 1 fully saturated rings. The molecule has 0 unspecified atom stereocenters. The van der Waals surface area contributed by atoms with Crippen molar-refractivity contribution in [3.05, 3.63) is 48.5 Å². The Balaban J connectivity index is 1.68. The number of ether oxygens (including phenoxy) is 2. The van der Waals surface area contributed by atoms with Crippen molar-refractivity contribution in [1.29, 1.82) is 0 Å². The van der Waals surface area contributed by atoms with Gasteiger partial charge >= 0.3 is 0 Å². The summed E-state index contributed by atoms with van der Waals surface area (Å²) >= 11 is 1.40. The SMILES string of the molecule is COc1ccc(-n2c(S[C@@H](C)C(=O)NC3CCCC3)nnc2-c2ccccc2)cc1OC. The molecule has 0 radical (unpaired) electrons. The van der Waals surface area contributed by atoms with Crippen LogP contribution in [-0.2, 0) is 4.79 Å². The lowest BCUT2D eigenvalue weighted by atomic mass is 10.2. The number of benzene rings is 2. The Labute approximate surface area is 192 Å². The third kappa shape index (κ3) is 4.75. The number of carbonyl (C=O) groups is 1. The highest BCUT2D eigenvalue weighted by Gasteiger charge is 2.25.